The molecular weight excluding hydrogens is 414 g/mol. The molecule has 10 heteroatoms. The third-order valence-electron chi connectivity index (χ3n) is 3.55. The number of thiazole rings is 1. The zero-order valence-electron chi connectivity index (χ0n) is 13.1. The summed E-state index contributed by atoms with van der Waals surface area (Å²) >= 11 is 7.02. The molecule has 1 heterocycles. The molecule has 0 aliphatic rings. The predicted octanol–water partition coefficient (Wildman–Crippen LogP) is 7.24. The lowest BCUT2D eigenvalue weighted by molar-refractivity contribution is -0.138. The molecule has 0 aliphatic carbocycles. The number of halogens is 7. The zero-order valence-corrected chi connectivity index (χ0v) is 14.7. The number of nitrogens with zero attached hydrogens (tertiary/aromatic N) is 1. The van der Waals surface area contributed by atoms with E-state index in [1.54, 1.807) is 5.38 Å². The Bertz CT molecular complexity index is 947. The van der Waals surface area contributed by atoms with Gasteiger partial charge in [0.2, 0.25) is 0 Å². The van der Waals surface area contributed by atoms with Gasteiger partial charge in [-0.25, -0.2) is 4.98 Å². The van der Waals surface area contributed by atoms with Crippen LogP contribution >= 0.6 is 22.9 Å². The summed E-state index contributed by atoms with van der Waals surface area (Å²) in [6.45, 7) is 0. The van der Waals surface area contributed by atoms with Crippen LogP contribution < -0.4 is 5.32 Å². The molecule has 0 amide bonds. The highest BCUT2D eigenvalue weighted by atomic mass is 35.5. The number of rotatable bonds is 3. The number of benzene rings is 2. The first kappa shape index (κ1) is 19.5. The molecule has 0 fully saturated rings. The quantitative estimate of drug-likeness (QED) is 0.450. The van der Waals surface area contributed by atoms with E-state index < -0.39 is 23.5 Å². The number of hydrogen-bond acceptors (Lipinski definition) is 3. The lowest BCUT2D eigenvalue weighted by Crippen LogP contribution is -2.05. The summed E-state index contributed by atoms with van der Waals surface area (Å²) in [6.07, 6.45) is -8.92. The number of nitrogens with one attached hydrogen (secondary N) is 1. The number of aromatic nitrogens is 1. The van der Waals surface area contributed by atoms with Gasteiger partial charge < -0.3 is 5.32 Å². The fourth-order valence-corrected chi connectivity index (χ4v) is 3.16. The Hall–Kier alpha value is -2.26. The normalized spacial score (nSPS) is 12.3. The molecule has 2 nitrogen and oxygen atoms in total. The van der Waals surface area contributed by atoms with E-state index in [-0.39, 0.29) is 10.7 Å². The van der Waals surface area contributed by atoms with E-state index in [9.17, 15) is 26.3 Å². The maximum atomic E-state index is 12.7. The summed E-state index contributed by atoms with van der Waals surface area (Å²) in [5.74, 6) is 0. The average molecular weight is 423 g/mol. The van der Waals surface area contributed by atoms with Gasteiger partial charge in [-0.1, -0.05) is 23.7 Å². The SMILES string of the molecule is FC(F)(F)c1ccc(-c2csc(Nc3ccc(C(F)(F)F)cc3Cl)n2)cc1. The second-order valence-corrected chi connectivity index (χ2v) is 6.70. The van der Waals surface area contributed by atoms with Gasteiger partial charge in [-0.2, -0.15) is 26.3 Å². The molecule has 0 unspecified atom stereocenters. The molecule has 0 atom stereocenters. The molecule has 0 aliphatic heterocycles. The van der Waals surface area contributed by atoms with Crippen molar-refractivity contribution >= 4 is 33.8 Å². The van der Waals surface area contributed by atoms with Crippen LogP contribution in [0.2, 0.25) is 5.02 Å². The van der Waals surface area contributed by atoms with Crippen molar-refractivity contribution in [1.29, 1.82) is 0 Å². The van der Waals surface area contributed by atoms with Gasteiger partial charge in [0.15, 0.2) is 5.13 Å². The van der Waals surface area contributed by atoms with Crippen LogP contribution in [-0.2, 0) is 12.4 Å². The first-order chi connectivity index (χ1) is 12.5. The third-order valence-corrected chi connectivity index (χ3v) is 4.62. The van der Waals surface area contributed by atoms with Gasteiger partial charge >= 0.3 is 12.4 Å². The summed E-state index contributed by atoms with van der Waals surface area (Å²) in [5.41, 5.74) is -0.498. The van der Waals surface area contributed by atoms with E-state index in [0.29, 0.717) is 16.4 Å². The van der Waals surface area contributed by atoms with Crippen molar-refractivity contribution in [3.05, 3.63) is 64.0 Å². The van der Waals surface area contributed by atoms with Crippen molar-refractivity contribution in [3.63, 3.8) is 0 Å². The molecule has 0 bridgehead atoms. The Balaban J connectivity index is 1.79. The number of alkyl halides is 6. The predicted molar refractivity (Wildman–Crippen MR) is 92.3 cm³/mol. The van der Waals surface area contributed by atoms with E-state index >= 15 is 0 Å². The van der Waals surface area contributed by atoms with Crippen LogP contribution in [0.15, 0.2) is 47.8 Å². The molecule has 142 valence electrons. The zero-order chi connectivity index (χ0) is 19.8. The fourth-order valence-electron chi connectivity index (χ4n) is 2.20. The number of hydrogen-bond donors (Lipinski definition) is 1. The second-order valence-electron chi connectivity index (χ2n) is 5.43. The van der Waals surface area contributed by atoms with Crippen LogP contribution in [-0.4, -0.2) is 4.98 Å². The van der Waals surface area contributed by atoms with Crippen molar-refractivity contribution in [2.24, 2.45) is 0 Å². The fraction of sp³-hybridized carbons (Fsp3) is 0.118. The lowest BCUT2D eigenvalue weighted by Gasteiger charge is -2.10. The molecule has 0 saturated heterocycles. The highest BCUT2D eigenvalue weighted by Gasteiger charge is 2.31. The summed E-state index contributed by atoms with van der Waals surface area (Å²) in [7, 11) is 0. The standard InChI is InChI=1S/C17H9ClF6N2S/c18-12-7-11(17(22,23)24)5-6-13(12)25-15-26-14(8-27-15)9-1-3-10(4-2-9)16(19,20)21/h1-8H,(H,25,26). The largest absolute Gasteiger partial charge is 0.416 e. The Kier molecular flexibility index (Phi) is 5.09. The van der Waals surface area contributed by atoms with Gasteiger partial charge in [0, 0.05) is 10.9 Å². The van der Waals surface area contributed by atoms with Crippen LogP contribution in [0.4, 0.5) is 37.2 Å². The maximum Gasteiger partial charge on any atom is 0.416 e. The van der Waals surface area contributed by atoms with E-state index in [0.717, 1.165) is 35.6 Å². The summed E-state index contributed by atoms with van der Waals surface area (Å²) in [4.78, 5) is 4.23. The van der Waals surface area contributed by atoms with Crippen molar-refractivity contribution in [3.8, 4) is 11.3 Å². The molecular formula is C17H9ClF6N2S. The van der Waals surface area contributed by atoms with Gasteiger partial charge in [-0.05, 0) is 30.3 Å². The van der Waals surface area contributed by atoms with Gasteiger partial charge in [0.1, 0.15) is 0 Å². The van der Waals surface area contributed by atoms with Crippen LogP contribution in [0.3, 0.4) is 0 Å². The van der Waals surface area contributed by atoms with Crippen molar-refractivity contribution in [2.45, 2.75) is 12.4 Å². The Morgan fingerprint density at radius 1 is 0.852 bits per heavy atom. The van der Waals surface area contributed by atoms with Crippen LogP contribution in [0, 0.1) is 0 Å². The van der Waals surface area contributed by atoms with E-state index in [4.69, 9.17) is 11.6 Å². The highest BCUT2D eigenvalue weighted by molar-refractivity contribution is 7.14. The Morgan fingerprint density at radius 2 is 1.44 bits per heavy atom. The summed E-state index contributed by atoms with van der Waals surface area (Å²) in [5, 5.41) is 4.63. The minimum Gasteiger partial charge on any atom is -0.330 e. The van der Waals surface area contributed by atoms with Crippen LogP contribution in [0.25, 0.3) is 11.3 Å². The Labute approximate surface area is 158 Å². The molecule has 3 aromatic rings. The van der Waals surface area contributed by atoms with Crippen LogP contribution in [0.1, 0.15) is 11.1 Å². The van der Waals surface area contributed by atoms with Gasteiger partial charge in [-0.3, -0.25) is 0 Å². The molecule has 2 aromatic carbocycles. The third kappa shape index (κ3) is 4.54. The molecule has 1 aromatic heterocycles. The van der Waals surface area contributed by atoms with E-state index in [1.807, 2.05) is 0 Å². The van der Waals surface area contributed by atoms with Crippen molar-refractivity contribution in [1.82, 2.24) is 4.98 Å². The number of anilines is 2. The molecule has 3 rings (SSSR count). The van der Waals surface area contributed by atoms with Gasteiger partial charge in [0.25, 0.3) is 0 Å². The van der Waals surface area contributed by atoms with Gasteiger partial charge in [0.05, 0.1) is 27.5 Å². The summed E-state index contributed by atoms with van der Waals surface area (Å²) in [6, 6.07) is 7.37. The maximum absolute atomic E-state index is 12.7. The molecule has 0 saturated carbocycles. The monoisotopic (exact) mass is 422 g/mol. The average Bonchev–Trinajstić information content (AvgIpc) is 3.04. The van der Waals surface area contributed by atoms with E-state index in [1.165, 1.54) is 18.2 Å². The highest BCUT2D eigenvalue weighted by Crippen LogP contribution is 2.36. The molecule has 1 N–H and O–H groups in total. The second kappa shape index (κ2) is 7.05. The first-order valence-corrected chi connectivity index (χ1v) is 8.57. The molecule has 27 heavy (non-hydrogen) atoms. The summed E-state index contributed by atoms with van der Waals surface area (Å²) < 4.78 is 75.8. The topological polar surface area (TPSA) is 24.9 Å². The van der Waals surface area contributed by atoms with Gasteiger partial charge in [-0.15, -0.1) is 11.3 Å². The smallest absolute Gasteiger partial charge is 0.330 e. The lowest BCUT2D eigenvalue weighted by atomic mass is 10.1. The minimum atomic E-state index is -4.50. The molecule has 0 spiro atoms. The molecule has 0 radical (unpaired) electrons. The Morgan fingerprint density at radius 3 is 2.00 bits per heavy atom. The minimum absolute atomic E-state index is 0.129. The van der Waals surface area contributed by atoms with E-state index in [2.05, 4.69) is 10.3 Å². The van der Waals surface area contributed by atoms with Crippen LogP contribution in [0.5, 0.6) is 0 Å². The van der Waals surface area contributed by atoms with Crippen molar-refractivity contribution in [2.75, 3.05) is 5.32 Å². The van der Waals surface area contributed by atoms with Crippen molar-refractivity contribution < 1.29 is 26.3 Å². The first-order valence-electron chi connectivity index (χ1n) is 7.31.